The van der Waals surface area contributed by atoms with Crippen molar-refractivity contribution in [1.82, 2.24) is 9.97 Å². The zero-order chi connectivity index (χ0) is 21.4. The third-order valence-electron chi connectivity index (χ3n) is 5.92. The Balaban J connectivity index is 1.77. The van der Waals surface area contributed by atoms with Crippen molar-refractivity contribution < 1.29 is 9.84 Å². The normalized spacial score (nSPS) is 13.6. The topological polar surface area (TPSA) is 64.3 Å². The quantitative estimate of drug-likeness (QED) is 0.473. The molecule has 5 nitrogen and oxygen atoms in total. The number of ether oxygens (including phenoxy) is 1. The maximum absolute atomic E-state index is 10.0. The summed E-state index contributed by atoms with van der Waals surface area (Å²) in [6.07, 6.45) is 2.83. The number of hydrogen-bond donors (Lipinski definition) is 3. The molecule has 0 radical (unpaired) electrons. The molecule has 6 heteroatoms. The molecule has 1 aliphatic rings. The van der Waals surface area contributed by atoms with E-state index in [4.69, 9.17) is 17.0 Å². The maximum Gasteiger partial charge on any atom is 0.210 e. The van der Waals surface area contributed by atoms with Gasteiger partial charge in [-0.2, -0.15) is 0 Å². The molecular formula is C24H29N3O2S. The predicted octanol–water partition coefficient (Wildman–Crippen LogP) is 5.51. The standard InChI is InChI=1S/C24H29N3O2S/c1-14(2)27-9-5-6-17-13-18(15(3)10-21(17)27)19-11-16(7-8-22(19)29-4)12-20-23(28)26-24(30)25-20/h7-8,10-11,13-14,28H,5-6,9,12H2,1-4H3,(H2,25,26,30). The molecule has 1 aromatic heterocycles. The highest BCUT2D eigenvalue weighted by molar-refractivity contribution is 7.71. The number of methoxy groups -OCH3 is 1. The van der Waals surface area contributed by atoms with E-state index in [9.17, 15) is 5.11 Å². The van der Waals surface area contributed by atoms with E-state index >= 15 is 0 Å². The van der Waals surface area contributed by atoms with Gasteiger partial charge in [0.2, 0.25) is 5.88 Å². The van der Waals surface area contributed by atoms with E-state index in [0.717, 1.165) is 29.8 Å². The van der Waals surface area contributed by atoms with Crippen molar-refractivity contribution in [3.63, 3.8) is 0 Å². The number of nitrogens with one attached hydrogen (secondary N) is 2. The number of rotatable bonds is 5. The van der Waals surface area contributed by atoms with Gasteiger partial charge in [-0.15, -0.1) is 0 Å². The van der Waals surface area contributed by atoms with Crippen LogP contribution in [0.15, 0.2) is 30.3 Å². The Hall–Kier alpha value is -2.73. The average Bonchev–Trinajstić information content (AvgIpc) is 3.03. The van der Waals surface area contributed by atoms with Gasteiger partial charge < -0.3 is 24.7 Å². The molecule has 0 fully saturated rings. The predicted molar refractivity (Wildman–Crippen MR) is 124 cm³/mol. The van der Waals surface area contributed by atoms with Crippen molar-refractivity contribution in [2.45, 2.75) is 46.1 Å². The van der Waals surface area contributed by atoms with Crippen LogP contribution >= 0.6 is 12.2 Å². The van der Waals surface area contributed by atoms with Gasteiger partial charge in [-0.05, 0) is 92.4 Å². The Morgan fingerprint density at radius 2 is 1.97 bits per heavy atom. The molecule has 3 N–H and O–H groups in total. The van der Waals surface area contributed by atoms with Crippen molar-refractivity contribution in [2.24, 2.45) is 0 Å². The number of anilines is 1. The van der Waals surface area contributed by atoms with E-state index < -0.39 is 0 Å². The highest BCUT2D eigenvalue weighted by atomic mass is 32.1. The zero-order valence-electron chi connectivity index (χ0n) is 18.0. The number of nitrogens with zero attached hydrogens (tertiary/aromatic N) is 1. The Bertz CT molecular complexity index is 1130. The molecule has 0 unspecified atom stereocenters. The minimum atomic E-state index is 0.0936. The van der Waals surface area contributed by atoms with Gasteiger partial charge in [0.25, 0.3) is 0 Å². The summed E-state index contributed by atoms with van der Waals surface area (Å²) in [7, 11) is 1.71. The number of aromatic nitrogens is 2. The lowest BCUT2D eigenvalue weighted by Gasteiger charge is -2.35. The number of fused-ring (bicyclic) bond motifs is 1. The Morgan fingerprint density at radius 3 is 2.63 bits per heavy atom. The number of aromatic hydroxyl groups is 1. The van der Waals surface area contributed by atoms with Crippen molar-refractivity contribution in [2.75, 3.05) is 18.6 Å². The Labute approximate surface area is 182 Å². The lowest BCUT2D eigenvalue weighted by molar-refractivity contribution is 0.416. The fraction of sp³-hybridized carbons (Fsp3) is 0.375. The van der Waals surface area contributed by atoms with Gasteiger partial charge >= 0.3 is 0 Å². The third-order valence-corrected chi connectivity index (χ3v) is 6.12. The largest absolute Gasteiger partial charge is 0.496 e. The number of imidazole rings is 1. The second kappa shape index (κ2) is 8.19. The number of benzene rings is 2. The SMILES string of the molecule is COc1ccc(Cc2[nH]c(=S)[nH]c2O)cc1-c1cc2c(cc1C)N(C(C)C)CCC2. The summed E-state index contributed by atoms with van der Waals surface area (Å²) < 4.78 is 6.13. The monoisotopic (exact) mass is 423 g/mol. The van der Waals surface area contributed by atoms with Crippen LogP contribution in [0.1, 0.15) is 42.7 Å². The lowest BCUT2D eigenvalue weighted by atomic mass is 9.90. The molecule has 2 heterocycles. The molecule has 158 valence electrons. The van der Waals surface area contributed by atoms with Crippen molar-refractivity contribution in [1.29, 1.82) is 0 Å². The van der Waals surface area contributed by atoms with Gasteiger partial charge in [-0.3, -0.25) is 0 Å². The summed E-state index contributed by atoms with van der Waals surface area (Å²) in [6, 6.07) is 11.3. The van der Waals surface area contributed by atoms with E-state index in [-0.39, 0.29) is 5.88 Å². The first-order chi connectivity index (χ1) is 14.4. The molecule has 3 aromatic rings. The fourth-order valence-corrected chi connectivity index (χ4v) is 4.63. The molecule has 0 atom stereocenters. The highest BCUT2D eigenvalue weighted by Gasteiger charge is 2.22. The molecule has 2 aromatic carbocycles. The van der Waals surface area contributed by atoms with Gasteiger partial charge in [0.05, 0.1) is 12.8 Å². The van der Waals surface area contributed by atoms with Crippen LogP contribution in [0, 0.1) is 11.7 Å². The summed E-state index contributed by atoms with van der Waals surface area (Å²) in [5.41, 5.74) is 8.03. The third kappa shape index (κ3) is 3.84. The zero-order valence-corrected chi connectivity index (χ0v) is 18.8. The number of hydrogen-bond acceptors (Lipinski definition) is 4. The lowest BCUT2D eigenvalue weighted by Crippen LogP contribution is -2.35. The number of aromatic amines is 2. The molecule has 30 heavy (non-hydrogen) atoms. The molecule has 0 saturated carbocycles. The molecule has 4 rings (SSSR count). The van der Waals surface area contributed by atoms with E-state index in [2.05, 4.69) is 53.8 Å². The molecule has 1 aliphatic heterocycles. The van der Waals surface area contributed by atoms with E-state index in [1.807, 2.05) is 12.1 Å². The van der Waals surface area contributed by atoms with Crippen LogP contribution in [0.5, 0.6) is 11.6 Å². The molecule has 0 bridgehead atoms. The molecule has 0 aliphatic carbocycles. The number of H-pyrrole nitrogens is 2. The van der Waals surface area contributed by atoms with Gasteiger partial charge in [-0.25, -0.2) is 0 Å². The Morgan fingerprint density at radius 1 is 1.17 bits per heavy atom. The summed E-state index contributed by atoms with van der Waals surface area (Å²) >= 11 is 5.09. The second-order valence-electron chi connectivity index (χ2n) is 8.30. The molecule has 0 saturated heterocycles. The van der Waals surface area contributed by atoms with E-state index in [1.165, 1.54) is 28.8 Å². The van der Waals surface area contributed by atoms with Crippen LogP contribution in [-0.2, 0) is 12.8 Å². The summed E-state index contributed by atoms with van der Waals surface area (Å²) in [4.78, 5) is 8.26. The summed E-state index contributed by atoms with van der Waals surface area (Å²) in [6.45, 7) is 7.80. The van der Waals surface area contributed by atoms with Crippen LogP contribution in [0.25, 0.3) is 11.1 Å². The van der Waals surface area contributed by atoms with Crippen LogP contribution < -0.4 is 9.64 Å². The molecule has 0 spiro atoms. The van der Waals surface area contributed by atoms with E-state index in [1.54, 1.807) is 7.11 Å². The first-order valence-electron chi connectivity index (χ1n) is 10.4. The van der Waals surface area contributed by atoms with Crippen LogP contribution in [-0.4, -0.2) is 34.8 Å². The molecule has 0 amide bonds. The van der Waals surface area contributed by atoms with Crippen molar-refractivity contribution >= 4 is 17.9 Å². The van der Waals surface area contributed by atoms with Gasteiger partial charge in [-0.1, -0.05) is 6.07 Å². The first-order valence-corrected chi connectivity index (χ1v) is 10.9. The second-order valence-corrected chi connectivity index (χ2v) is 8.71. The van der Waals surface area contributed by atoms with E-state index in [0.29, 0.717) is 22.9 Å². The van der Waals surface area contributed by atoms with Crippen molar-refractivity contribution in [3.05, 3.63) is 57.5 Å². The smallest absolute Gasteiger partial charge is 0.210 e. The van der Waals surface area contributed by atoms with Crippen LogP contribution in [0.2, 0.25) is 0 Å². The fourth-order valence-electron chi connectivity index (χ4n) is 4.41. The summed E-state index contributed by atoms with van der Waals surface area (Å²) in [5.74, 6) is 0.945. The first kappa shape index (κ1) is 20.5. The van der Waals surface area contributed by atoms with Gasteiger partial charge in [0.1, 0.15) is 5.75 Å². The van der Waals surface area contributed by atoms with Crippen LogP contribution in [0.4, 0.5) is 5.69 Å². The minimum absolute atomic E-state index is 0.0936. The van der Waals surface area contributed by atoms with Crippen molar-refractivity contribution in [3.8, 4) is 22.8 Å². The molecular weight excluding hydrogens is 394 g/mol. The maximum atomic E-state index is 10.0. The average molecular weight is 424 g/mol. The van der Waals surface area contributed by atoms with Gasteiger partial charge in [0.15, 0.2) is 4.77 Å². The van der Waals surface area contributed by atoms with Gasteiger partial charge in [0, 0.05) is 30.3 Å². The minimum Gasteiger partial charge on any atom is -0.496 e. The Kier molecular flexibility index (Phi) is 5.60. The number of aryl methyl sites for hydroxylation is 2. The summed E-state index contributed by atoms with van der Waals surface area (Å²) in [5, 5.41) is 10.0. The van der Waals surface area contributed by atoms with Crippen LogP contribution in [0.3, 0.4) is 0 Å². The highest BCUT2D eigenvalue weighted by Crippen LogP contribution is 2.39.